The van der Waals surface area contributed by atoms with Crippen molar-refractivity contribution in [1.82, 2.24) is 0 Å². The Hall–Kier alpha value is -3.77. The van der Waals surface area contributed by atoms with Crippen LogP contribution in [0.4, 0.5) is 0 Å². The van der Waals surface area contributed by atoms with Crippen LogP contribution in [-0.4, -0.2) is 38.0 Å². The quantitative estimate of drug-likeness (QED) is 0.100. The first kappa shape index (κ1) is 27.3. The molecule has 0 saturated heterocycles. The number of benzene rings is 3. The Morgan fingerprint density at radius 3 is 2.29 bits per heavy atom. The first-order chi connectivity index (χ1) is 18.5. The van der Waals surface area contributed by atoms with Gasteiger partial charge in [-0.1, -0.05) is 38.3 Å². The van der Waals surface area contributed by atoms with Crippen molar-refractivity contribution in [3.8, 4) is 21.9 Å². The lowest BCUT2D eigenvalue weighted by molar-refractivity contribution is 0.101. The molecule has 0 fully saturated rings. The molecule has 5 nitrogen and oxygen atoms in total. The van der Waals surface area contributed by atoms with Crippen molar-refractivity contribution in [2.45, 2.75) is 39.5 Å². The summed E-state index contributed by atoms with van der Waals surface area (Å²) in [4.78, 5) is 31.1. The summed E-state index contributed by atoms with van der Waals surface area (Å²) in [7, 11) is 1.63. The lowest BCUT2D eigenvalue weighted by Gasteiger charge is -2.08. The van der Waals surface area contributed by atoms with Crippen LogP contribution in [0.3, 0.4) is 0 Å². The fourth-order valence-corrected chi connectivity index (χ4v) is 5.49. The number of fused-ring (bicyclic) bond motifs is 1. The van der Waals surface area contributed by atoms with E-state index >= 15 is 0 Å². The number of nitrogens with zero attached hydrogens (tertiary/aromatic N) is 1. The number of carbonyl (C=O) groups excluding carboxylic acids is 2. The van der Waals surface area contributed by atoms with Crippen LogP contribution >= 0.6 is 11.3 Å². The van der Waals surface area contributed by atoms with Gasteiger partial charge in [0.1, 0.15) is 18.1 Å². The molecule has 0 aliphatic heterocycles. The third-order valence-electron chi connectivity index (χ3n) is 6.39. The highest BCUT2D eigenvalue weighted by Gasteiger charge is 2.22. The number of thiophene rings is 1. The average molecular weight is 528 g/mol. The molecule has 4 aromatic rings. The Morgan fingerprint density at radius 1 is 0.895 bits per heavy atom. The maximum absolute atomic E-state index is 13.8. The zero-order valence-corrected chi connectivity index (χ0v) is 23.0. The van der Waals surface area contributed by atoms with E-state index in [4.69, 9.17) is 9.47 Å². The van der Waals surface area contributed by atoms with E-state index in [1.54, 1.807) is 38.4 Å². The molecule has 196 valence electrons. The molecule has 4 rings (SSSR count). The van der Waals surface area contributed by atoms with Gasteiger partial charge in [-0.25, -0.2) is 0 Å². The number of hydrogen-bond acceptors (Lipinski definition) is 6. The maximum atomic E-state index is 13.8. The highest BCUT2D eigenvalue weighted by atomic mass is 32.1. The van der Waals surface area contributed by atoms with E-state index in [1.165, 1.54) is 30.6 Å². The zero-order chi connectivity index (χ0) is 26.9. The van der Waals surface area contributed by atoms with Crippen LogP contribution < -0.4 is 9.47 Å². The average Bonchev–Trinajstić information content (AvgIpc) is 3.33. The third-order valence-corrected chi connectivity index (χ3v) is 7.59. The van der Waals surface area contributed by atoms with Gasteiger partial charge in [-0.2, -0.15) is 0 Å². The summed E-state index contributed by atoms with van der Waals surface area (Å²) in [5.74, 6) is 1.36. The molecule has 1 heterocycles. The molecule has 0 amide bonds. The maximum Gasteiger partial charge on any atom is 0.195 e. The van der Waals surface area contributed by atoms with Crippen LogP contribution in [0.5, 0.6) is 11.5 Å². The van der Waals surface area contributed by atoms with Crippen LogP contribution in [0.15, 0.2) is 71.7 Å². The summed E-state index contributed by atoms with van der Waals surface area (Å²) < 4.78 is 12.0. The minimum atomic E-state index is -0.0714. The molecule has 1 aromatic heterocycles. The second-order valence-electron chi connectivity index (χ2n) is 9.12. The largest absolute Gasteiger partial charge is 0.497 e. The third kappa shape index (κ3) is 6.56. The van der Waals surface area contributed by atoms with Gasteiger partial charge < -0.3 is 9.47 Å². The molecule has 6 heteroatoms. The molecule has 0 N–H and O–H groups in total. The molecule has 0 unspecified atom stereocenters. The van der Waals surface area contributed by atoms with Crippen LogP contribution in [-0.2, 0) is 0 Å². The number of aliphatic imine (C=N–C) groups is 1. The van der Waals surface area contributed by atoms with Crippen molar-refractivity contribution >= 4 is 39.2 Å². The summed E-state index contributed by atoms with van der Waals surface area (Å²) >= 11 is 1.52. The van der Waals surface area contributed by atoms with Crippen molar-refractivity contribution in [1.29, 1.82) is 0 Å². The van der Waals surface area contributed by atoms with E-state index in [0.717, 1.165) is 39.2 Å². The summed E-state index contributed by atoms with van der Waals surface area (Å²) in [5, 5.41) is 0.839. The lowest BCUT2D eigenvalue weighted by atomic mass is 9.97. The highest BCUT2D eigenvalue weighted by molar-refractivity contribution is 7.22. The molecule has 0 spiro atoms. The van der Waals surface area contributed by atoms with Crippen molar-refractivity contribution in [2.24, 2.45) is 4.99 Å². The number of rotatable bonds is 13. The van der Waals surface area contributed by atoms with Gasteiger partial charge in [-0.15, -0.1) is 11.3 Å². The number of hydrogen-bond donors (Lipinski definition) is 0. The predicted octanol–water partition coefficient (Wildman–Crippen LogP) is 8.04. The van der Waals surface area contributed by atoms with Gasteiger partial charge in [0, 0.05) is 44.4 Å². The van der Waals surface area contributed by atoms with Gasteiger partial charge in [0.25, 0.3) is 0 Å². The summed E-state index contributed by atoms with van der Waals surface area (Å²) in [6.45, 7) is 4.98. The molecular weight excluding hydrogens is 494 g/mol. The Morgan fingerprint density at radius 2 is 1.61 bits per heavy atom. The van der Waals surface area contributed by atoms with Crippen molar-refractivity contribution in [2.75, 3.05) is 20.3 Å². The minimum absolute atomic E-state index is 0.00343. The molecule has 3 aromatic carbocycles. The highest BCUT2D eigenvalue weighted by Crippen LogP contribution is 2.41. The Bertz CT molecular complexity index is 1420. The summed E-state index contributed by atoms with van der Waals surface area (Å²) in [6, 6.07) is 20.4. The number of ketones is 2. The van der Waals surface area contributed by atoms with Gasteiger partial charge in [0.15, 0.2) is 11.6 Å². The number of carbonyl (C=O) groups is 2. The smallest absolute Gasteiger partial charge is 0.195 e. The molecule has 0 aliphatic carbocycles. The summed E-state index contributed by atoms with van der Waals surface area (Å²) in [5.41, 5.74) is 2.76. The second-order valence-corrected chi connectivity index (χ2v) is 10.2. The SMILES string of the molecule is CCCCCCN=CCOc1ccc(C(=O)c2c(-c3ccc(OC)cc3)sc3cc(C(C)=O)ccc23)cc1. The first-order valence-corrected chi connectivity index (χ1v) is 13.8. The van der Waals surface area contributed by atoms with E-state index in [1.807, 2.05) is 48.5 Å². The Balaban J connectivity index is 1.56. The van der Waals surface area contributed by atoms with Crippen LogP contribution in [0.1, 0.15) is 65.8 Å². The number of ether oxygens (including phenoxy) is 2. The number of unbranched alkanes of at least 4 members (excludes halogenated alkanes) is 3. The van der Waals surface area contributed by atoms with E-state index < -0.39 is 0 Å². The van der Waals surface area contributed by atoms with E-state index in [2.05, 4.69) is 11.9 Å². The summed E-state index contributed by atoms with van der Waals surface area (Å²) in [6.07, 6.45) is 6.59. The second kappa shape index (κ2) is 13.2. The van der Waals surface area contributed by atoms with E-state index in [0.29, 0.717) is 29.0 Å². The lowest BCUT2D eigenvalue weighted by Crippen LogP contribution is -2.03. The number of Topliss-reactive ketones (excluding diaryl/α,β-unsaturated/α-hetero) is 1. The van der Waals surface area contributed by atoms with Gasteiger partial charge in [-0.05, 0) is 73.5 Å². The van der Waals surface area contributed by atoms with Crippen molar-refractivity contribution in [3.63, 3.8) is 0 Å². The van der Waals surface area contributed by atoms with Crippen LogP contribution in [0.2, 0.25) is 0 Å². The van der Waals surface area contributed by atoms with Gasteiger partial charge in [0.2, 0.25) is 0 Å². The van der Waals surface area contributed by atoms with Gasteiger partial charge in [-0.3, -0.25) is 14.6 Å². The molecule has 0 aliphatic rings. The fourth-order valence-electron chi connectivity index (χ4n) is 4.24. The fraction of sp³-hybridized carbons (Fsp3) is 0.281. The Kier molecular flexibility index (Phi) is 9.44. The topological polar surface area (TPSA) is 65.0 Å². The van der Waals surface area contributed by atoms with Crippen LogP contribution in [0, 0.1) is 0 Å². The van der Waals surface area contributed by atoms with E-state index in [-0.39, 0.29) is 11.6 Å². The number of methoxy groups -OCH3 is 1. The molecular formula is C32H33NO4S. The van der Waals surface area contributed by atoms with Gasteiger partial charge >= 0.3 is 0 Å². The Labute approximate surface area is 228 Å². The molecule has 0 radical (unpaired) electrons. The predicted molar refractivity (Wildman–Crippen MR) is 157 cm³/mol. The molecule has 0 saturated carbocycles. The monoisotopic (exact) mass is 527 g/mol. The minimum Gasteiger partial charge on any atom is -0.497 e. The van der Waals surface area contributed by atoms with Crippen LogP contribution in [0.25, 0.3) is 20.5 Å². The molecule has 38 heavy (non-hydrogen) atoms. The zero-order valence-electron chi connectivity index (χ0n) is 22.2. The molecule has 0 atom stereocenters. The molecule has 0 bridgehead atoms. The standard InChI is InChI=1S/C32H33NO4S/c1-4-5-6-7-18-33-19-20-37-27-15-8-23(9-16-27)31(35)30-28-17-12-25(22(2)34)21-29(28)38-32(30)24-10-13-26(36-3)14-11-24/h8-17,19,21H,4-7,18,20H2,1-3H3. The first-order valence-electron chi connectivity index (χ1n) is 13.0. The van der Waals surface area contributed by atoms with E-state index in [9.17, 15) is 9.59 Å². The van der Waals surface area contributed by atoms with Gasteiger partial charge in [0.05, 0.1) is 7.11 Å². The normalized spacial score (nSPS) is 11.2. The van der Waals surface area contributed by atoms with Crippen molar-refractivity contribution in [3.05, 3.63) is 83.4 Å². The van der Waals surface area contributed by atoms with Crippen molar-refractivity contribution < 1.29 is 19.1 Å².